The SMILES string of the molecule is Nc1ncc(-c2cccc(C(=O)N3CCN(CCO)CC3)c2)cc1C(=O)NC1CCCCC1. The number of pyridine rings is 1. The molecule has 2 heterocycles. The normalized spacial score (nSPS) is 17.7. The zero-order valence-electron chi connectivity index (χ0n) is 19.0. The van der Waals surface area contributed by atoms with E-state index in [4.69, 9.17) is 10.8 Å². The van der Waals surface area contributed by atoms with E-state index >= 15 is 0 Å². The van der Waals surface area contributed by atoms with E-state index < -0.39 is 0 Å². The Morgan fingerprint density at radius 2 is 1.82 bits per heavy atom. The summed E-state index contributed by atoms with van der Waals surface area (Å²) in [5, 5.41) is 12.2. The van der Waals surface area contributed by atoms with Crippen LogP contribution in [0.25, 0.3) is 11.1 Å². The number of aliphatic hydroxyl groups excluding tert-OH is 1. The number of benzene rings is 1. The Morgan fingerprint density at radius 3 is 2.55 bits per heavy atom. The molecule has 176 valence electrons. The molecular weight excluding hydrogens is 418 g/mol. The van der Waals surface area contributed by atoms with Gasteiger partial charge in [0.05, 0.1) is 12.2 Å². The van der Waals surface area contributed by atoms with Crippen LogP contribution in [0.2, 0.25) is 0 Å². The smallest absolute Gasteiger partial charge is 0.255 e. The monoisotopic (exact) mass is 451 g/mol. The Hall–Kier alpha value is -2.97. The lowest BCUT2D eigenvalue weighted by molar-refractivity contribution is 0.0615. The second kappa shape index (κ2) is 10.8. The average Bonchev–Trinajstić information content (AvgIpc) is 2.85. The predicted octanol–water partition coefficient (Wildman–Crippen LogP) is 2.14. The van der Waals surface area contributed by atoms with Crippen molar-refractivity contribution in [3.05, 3.63) is 47.7 Å². The third kappa shape index (κ3) is 5.69. The molecule has 1 saturated heterocycles. The second-order valence-electron chi connectivity index (χ2n) is 8.90. The number of nitrogens with zero attached hydrogens (tertiary/aromatic N) is 3. The number of aliphatic hydroxyl groups is 1. The number of hydrogen-bond donors (Lipinski definition) is 3. The van der Waals surface area contributed by atoms with Crippen LogP contribution < -0.4 is 11.1 Å². The van der Waals surface area contributed by atoms with E-state index in [-0.39, 0.29) is 30.3 Å². The fourth-order valence-electron chi connectivity index (χ4n) is 4.66. The highest BCUT2D eigenvalue weighted by atomic mass is 16.3. The number of carbonyl (C=O) groups is 2. The molecule has 1 aromatic carbocycles. The highest BCUT2D eigenvalue weighted by molar-refractivity contribution is 6.00. The minimum absolute atomic E-state index is 0.0147. The van der Waals surface area contributed by atoms with Crippen LogP contribution in [0, 0.1) is 0 Å². The van der Waals surface area contributed by atoms with Crippen LogP contribution in [0.15, 0.2) is 36.5 Å². The van der Waals surface area contributed by atoms with Crippen LogP contribution in [0.5, 0.6) is 0 Å². The van der Waals surface area contributed by atoms with Crippen molar-refractivity contribution in [2.45, 2.75) is 38.1 Å². The first-order chi connectivity index (χ1) is 16.0. The number of nitrogens with two attached hydrogens (primary N) is 1. The summed E-state index contributed by atoms with van der Waals surface area (Å²) >= 11 is 0. The summed E-state index contributed by atoms with van der Waals surface area (Å²) in [5.74, 6) is 0.000870. The number of aromatic nitrogens is 1. The molecule has 1 saturated carbocycles. The molecule has 8 heteroatoms. The van der Waals surface area contributed by atoms with Crippen molar-refractivity contribution >= 4 is 17.6 Å². The van der Waals surface area contributed by atoms with Crippen LogP contribution in [-0.2, 0) is 0 Å². The largest absolute Gasteiger partial charge is 0.395 e. The van der Waals surface area contributed by atoms with Crippen LogP contribution >= 0.6 is 0 Å². The van der Waals surface area contributed by atoms with Crippen molar-refractivity contribution in [2.24, 2.45) is 0 Å². The standard InChI is InChI=1S/C25H33N5O3/c26-23-22(24(32)28-21-7-2-1-3-8-21)16-20(17-27-23)18-5-4-6-19(15-18)25(33)30-11-9-29(10-12-30)13-14-31/h4-6,15-17,21,31H,1-3,7-14H2,(H2,26,27)(H,28,32). The number of β-amino-alcohol motifs (C(OH)–C–C–N with tert-alkyl or cyclic N) is 1. The van der Waals surface area contributed by atoms with Crippen molar-refractivity contribution in [1.82, 2.24) is 20.1 Å². The van der Waals surface area contributed by atoms with Gasteiger partial charge in [-0.15, -0.1) is 0 Å². The van der Waals surface area contributed by atoms with Crippen LogP contribution in [-0.4, -0.2) is 77.1 Å². The van der Waals surface area contributed by atoms with Gasteiger partial charge >= 0.3 is 0 Å². The Morgan fingerprint density at radius 1 is 1.06 bits per heavy atom. The molecule has 1 aliphatic heterocycles. The molecule has 0 unspecified atom stereocenters. The first-order valence-electron chi connectivity index (χ1n) is 11.8. The number of nitrogen functional groups attached to an aromatic ring is 1. The van der Waals surface area contributed by atoms with Crippen molar-refractivity contribution < 1.29 is 14.7 Å². The molecule has 0 radical (unpaired) electrons. The van der Waals surface area contributed by atoms with Gasteiger partial charge in [-0.2, -0.15) is 0 Å². The maximum absolute atomic E-state index is 13.1. The van der Waals surface area contributed by atoms with Crippen LogP contribution in [0.1, 0.15) is 52.8 Å². The zero-order valence-corrected chi connectivity index (χ0v) is 19.0. The molecule has 2 aliphatic rings. The molecule has 0 spiro atoms. The van der Waals surface area contributed by atoms with E-state index in [1.165, 1.54) is 6.42 Å². The van der Waals surface area contributed by atoms with Gasteiger partial charge in [-0.3, -0.25) is 14.5 Å². The van der Waals surface area contributed by atoms with Crippen molar-refractivity contribution in [2.75, 3.05) is 45.1 Å². The molecule has 0 bridgehead atoms. The van der Waals surface area contributed by atoms with E-state index in [1.54, 1.807) is 12.3 Å². The van der Waals surface area contributed by atoms with Gasteiger partial charge in [0.2, 0.25) is 0 Å². The Kier molecular flexibility index (Phi) is 7.57. The molecule has 0 atom stereocenters. The number of amides is 2. The van der Waals surface area contributed by atoms with Gasteiger partial charge in [-0.05, 0) is 36.6 Å². The summed E-state index contributed by atoms with van der Waals surface area (Å²) in [7, 11) is 0. The molecule has 2 aromatic rings. The lowest BCUT2D eigenvalue weighted by Gasteiger charge is -2.34. The van der Waals surface area contributed by atoms with Crippen molar-refractivity contribution in [3.63, 3.8) is 0 Å². The van der Waals surface area contributed by atoms with Gasteiger partial charge < -0.3 is 21.1 Å². The molecule has 1 aliphatic carbocycles. The molecule has 8 nitrogen and oxygen atoms in total. The number of rotatable bonds is 6. The minimum Gasteiger partial charge on any atom is -0.395 e. The number of piperazine rings is 1. The van der Waals surface area contributed by atoms with Gasteiger partial charge in [0.15, 0.2) is 0 Å². The summed E-state index contributed by atoms with van der Waals surface area (Å²) in [4.78, 5) is 34.2. The predicted molar refractivity (Wildman–Crippen MR) is 128 cm³/mol. The van der Waals surface area contributed by atoms with Gasteiger partial charge in [-0.25, -0.2) is 4.98 Å². The van der Waals surface area contributed by atoms with E-state index in [0.717, 1.165) is 49.9 Å². The third-order valence-corrected chi connectivity index (χ3v) is 6.62. The first kappa shape index (κ1) is 23.2. The summed E-state index contributed by atoms with van der Waals surface area (Å²) in [6.07, 6.45) is 7.13. The number of nitrogens with one attached hydrogen (secondary N) is 1. The summed E-state index contributed by atoms with van der Waals surface area (Å²) < 4.78 is 0. The number of carbonyl (C=O) groups excluding carboxylic acids is 2. The Bertz CT molecular complexity index is 982. The minimum atomic E-state index is -0.193. The maximum atomic E-state index is 13.1. The highest BCUT2D eigenvalue weighted by Gasteiger charge is 2.23. The van der Waals surface area contributed by atoms with Gasteiger partial charge in [-0.1, -0.05) is 31.4 Å². The third-order valence-electron chi connectivity index (χ3n) is 6.62. The average molecular weight is 452 g/mol. The van der Waals surface area contributed by atoms with E-state index in [2.05, 4.69) is 15.2 Å². The van der Waals surface area contributed by atoms with Crippen LogP contribution in [0.3, 0.4) is 0 Å². The lowest BCUT2D eigenvalue weighted by atomic mass is 9.95. The van der Waals surface area contributed by atoms with Gasteiger partial charge in [0, 0.05) is 56.1 Å². The Labute approximate surface area is 194 Å². The summed E-state index contributed by atoms with van der Waals surface area (Å²) in [6, 6.07) is 9.37. The van der Waals surface area contributed by atoms with Crippen LogP contribution in [0.4, 0.5) is 5.82 Å². The molecule has 2 amide bonds. The number of anilines is 1. The quantitative estimate of drug-likeness (QED) is 0.621. The maximum Gasteiger partial charge on any atom is 0.255 e. The molecule has 1 aromatic heterocycles. The topological polar surface area (TPSA) is 112 Å². The fraction of sp³-hybridized carbons (Fsp3) is 0.480. The molecule has 4 N–H and O–H groups in total. The second-order valence-corrected chi connectivity index (χ2v) is 8.90. The molecule has 2 fully saturated rings. The molecule has 4 rings (SSSR count). The summed E-state index contributed by atoms with van der Waals surface area (Å²) in [5.41, 5.74) is 8.57. The van der Waals surface area contributed by atoms with E-state index in [0.29, 0.717) is 30.8 Å². The number of hydrogen-bond acceptors (Lipinski definition) is 6. The zero-order chi connectivity index (χ0) is 23.2. The van der Waals surface area contributed by atoms with Crippen molar-refractivity contribution in [1.29, 1.82) is 0 Å². The first-order valence-corrected chi connectivity index (χ1v) is 11.8. The summed E-state index contributed by atoms with van der Waals surface area (Å²) in [6.45, 7) is 3.56. The molecule has 33 heavy (non-hydrogen) atoms. The van der Waals surface area contributed by atoms with Gasteiger partial charge in [0.25, 0.3) is 11.8 Å². The molecular formula is C25H33N5O3. The lowest BCUT2D eigenvalue weighted by Crippen LogP contribution is -2.49. The van der Waals surface area contributed by atoms with E-state index in [9.17, 15) is 9.59 Å². The Balaban J connectivity index is 1.48. The van der Waals surface area contributed by atoms with E-state index in [1.807, 2.05) is 29.2 Å². The van der Waals surface area contributed by atoms with Crippen molar-refractivity contribution in [3.8, 4) is 11.1 Å². The highest BCUT2D eigenvalue weighted by Crippen LogP contribution is 2.25. The fourth-order valence-corrected chi connectivity index (χ4v) is 4.66. The van der Waals surface area contributed by atoms with Gasteiger partial charge in [0.1, 0.15) is 5.82 Å².